The van der Waals surface area contributed by atoms with Crippen molar-refractivity contribution in [3.8, 4) is 0 Å². The van der Waals surface area contributed by atoms with E-state index >= 15 is 0 Å². The van der Waals surface area contributed by atoms with Gasteiger partial charge in [-0.25, -0.2) is 0 Å². The summed E-state index contributed by atoms with van der Waals surface area (Å²) < 4.78 is 5.65. The van der Waals surface area contributed by atoms with Crippen molar-refractivity contribution in [1.82, 2.24) is 10.2 Å². The standard InChI is InChI=1S/C13H26N2O/c1-11-10-15(7-3-9-16-11)8-6-14-12(2)13-4-5-13/h11-14H,3-10H2,1-2H3. The number of hydrogen-bond acceptors (Lipinski definition) is 3. The van der Waals surface area contributed by atoms with Crippen molar-refractivity contribution in [2.45, 2.75) is 45.3 Å². The topological polar surface area (TPSA) is 24.5 Å². The van der Waals surface area contributed by atoms with E-state index in [1.807, 2.05) is 0 Å². The molecule has 94 valence electrons. The van der Waals surface area contributed by atoms with Gasteiger partial charge in [0, 0.05) is 38.8 Å². The van der Waals surface area contributed by atoms with Crippen LogP contribution in [0.3, 0.4) is 0 Å². The Morgan fingerprint density at radius 3 is 3.00 bits per heavy atom. The summed E-state index contributed by atoms with van der Waals surface area (Å²) in [5.74, 6) is 0.964. The van der Waals surface area contributed by atoms with Gasteiger partial charge in [0.2, 0.25) is 0 Å². The fourth-order valence-electron chi connectivity index (χ4n) is 2.50. The van der Waals surface area contributed by atoms with E-state index in [9.17, 15) is 0 Å². The molecule has 0 radical (unpaired) electrons. The van der Waals surface area contributed by atoms with Crippen molar-refractivity contribution in [2.75, 3.05) is 32.8 Å². The van der Waals surface area contributed by atoms with Crippen molar-refractivity contribution in [3.63, 3.8) is 0 Å². The zero-order valence-corrected chi connectivity index (χ0v) is 10.7. The summed E-state index contributed by atoms with van der Waals surface area (Å²) >= 11 is 0. The molecule has 1 aliphatic carbocycles. The Morgan fingerprint density at radius 1 is 1.44 bits per heavy atom. The number of nitrogens with zero attached hydrogens (tertiary/aromatic N) is 1. The van der Waals surface area contributed by atoms with Crippen molar-refractivity contribution in [3.05, 3.63) is 0 Å². The number of hydrogen-bond donors (Lipinski definition) is 1. The lowest BCUT2D eigenvalue weighted by Gasteiger charge is -2.23. The van der Waals surface area contributed by atoms with Crippen LogP contribution in [0.4, 0.5) is 0 Å². The average Bonchev–Trinajstić information content (AvgIpc) is 3.05. The van der Waals surface area contributed by atoms with Gasteiger partial charge in [0.05, 0.1) is 6.10 Å². The van der Waals surface area contributed by atoms with Crippen LogP contribution in [-0.4, -0.2) is 49.8 Å². The Morgan fingerprint density at radius 2 is 2.25 bits per heavy atom. The molecule has 2 aliphatic rings. The first-order chi connectivity index (χ1) is 7.75. The molecule has 0 aromatic rings. The van der Waals surface area contributed by atoms with Gasteiger partial charge >= 0.3 is 0 Å². The first-order valence-corrected chi connectivity index (χ1v) is 6.83. The normalized spacial score (nSPS) is 30.0. The number of ether oxygens (including phenoxy) is 1. The van der Waals surface area contributed by atoms with Crippen LogP contribution in [0, 0.1) is 5.92 Å². The summed E-state index contributed by atoms with van der Waals surface area (Å²) in [5, 5.41) is 3.64. The van der Waals surface area contributed by atoms with E-state index in [0.29, 0.717) is 6.10 Å². The van der Waals surface area contributed by atoms with Gasteiger partial charge < -0.3 is 10.1 Å². The summed E-state index contributed by atoms with van der Waals surface area (Å²) in [6.07, 6.45) is 4.46. The number of rotatable bonds is 5. The minimum absolute atomic E-state index is 0.406. The zero-order valence-electron chi connectivity index (χ0n) is 10.7. The summed E-state index contributed by atoms with van der Waals surface area (Å²) in [7, 11) is 0. The van der Waals surface area contributed by atoms with Crippen LogP contribution in [0.2, 0.25) is 0 Å². The maximum atomic E-state index is 5.65. The highest BCUT2D eigenvalue weighted by Gasteiger charge is 2.27. The van der Waals surface area contributed by atoms with Crippen molar-refractivity contribution in [2.24, 2.45) is 5.92 Å². The molecule has 3 nitrogen and oxygen atoms in total. The van der Waals surface area contributed by atoms with Gasteiger partial charge in [-0.15, -0.1) is 0 Å². The van der Waals surface area contributed by atoms with Gasteiger partial charge in [-0.2, -0.15) is 0 Å². The third-order valence-corrected chi connectivity index (χ3v) is 3.76. The maximum Gasteiger partial charge on any atom is 0.0673 e. The molecule has 1 saturated carbocycles. The molecule has 2 rings (SSSR count). The molecule has 0 spiro atoms. The Kier molecular flexibility index (Phi) is 4.62. The molecule has 16 heavy (non-hydrogen) atoms. The molecule has 0 aromatic heterocycles. The van der Waals surface area contributed by atoms with E-state index in [1.165, 1.54) is 32.4 Å². The smallest absolute Gasteiger partial charge is 0.0673 e. The molecular weight excluding hydrogens is 200 g/mol. The molecule has 0 amide bonds. The van der Waals surface area contributed by atoms with Crippen molar-refractivity contribution >= 4 is 0 Å². The highest BCUT2D eigenvalue weighted by molar-refractivity contribution is 4.83. The molecule has 0 bridgehead atoms. The van der Waals surface area contributed by atoms with E-state index in [4.69, 9.17) is 4.74 Å². The third kappa shape index (κ3) is 4.04. The quantitative estimate of drug-likeness (QED) is 0.768. The van der Waals surface area contributed by atoms with Crippen molar-refractivity contribution in [1.29, 1.82) is 0 Å². The Bertz CT molecular complexity index is 206. The van der Waals surface area contributed by atoms with E-state index in [2.05, 4.69) is 24.1 Å². The van der Waals surface area contributed by atoms with Gasteiger partial charge in [-0.05, 0) is 39.0 Å². The van der Waals surface area contributed by atoms with Crippen LogP contribution < -0.4 is 5.32 Å². The molecule has 1 heterocycles. The monoisotopic (exact) mass is 226 g/mol. The molecule has 2 unspecified atom stereocenters. The average molecular weight is 226 g/mol. The summed E-state index contributed by atoms with van der Waals surface area (Å²) in [5.41, 5.74) is 0. The molecule has 1 aliphatic heterocycles. The maximum absolute atomic E-state index is 5.65. The van der Waals surface area contributed by atoms with E-state index in [-0.39, 0.29) is 0 Å². The van der Waals surface area contributed by atoms with Gasteiger partial charge in [0.15, 0.2) is 0 Å². The first kappa shape index (κ1) is 12.3. The fraction of sp³-hybridized carbons (Fsp3) is 1.00. The SMILES string of the molecule is CC1CN(CCNC(C)C2CC2)CCCO1. The van der Waals surface area contributed by atoms with Crippen LogP contribution in [-0.2, 0) is 4.74 Å². The zero-order chi connectivity index (χ0) is 11.4. The van der Waals surface area contributed by atoms with E-state index in [0.717, 1.165) is 31.7 Å². The van der Waals surface area contributed by atoms with E-state index < -0.39 is 0 Å². The molecule has 0 aromatic carbocycles. The number of nitrogens with one attached hydrogen (secondary N) is 1. The highest BCUT2D eigenvalue weighted by Crippen LogP contribution is 2.32. The summed E-state index contributed by atoms with van der Waals surface area (Å²) in [6, 6.07) is 0.723. The van der Waals surface area contributed by atoms with Gasteiger partial charge in [-0.3, -0.25) is 4.90 Å². The van der Waals surface area contributed by atoms with Crippen molar-refractivity contribution < 1.29 is 4.74 Å². The van der Waals surface area contributed by atoms with Crippen LogP contribution in [0.15, 0.2) is 0 Å². The third-order valence-electron chi connectivity index (χ3n) is 3.76. The van der Waals surface area contributed by atoms with Gasteiger partial charge in [0.1, 0.15) is 0 Å². The molecule has 1 N–H and O–H groups in total. The van der Waals surface area contributed by atoms with Gasteiger partial charge in [0.25, 0.3) is 0 Å². The minimum atomic E-state index is 0.406. The second kappa shape index (κ2) is 5.99. The molecule has 3 heteroatoms. The summed E-state index contributed by atoms with van der Waals surface area (Å²) in [6.45, 7) is 10.0. The fourth-order valence-corrected chi connectivity index (χ4v) is 2.50. The Labute approximate surface area is 99.5 Å². The molecule has 2 atom stereocenters. The lowest BCUT2D eigenvalue weighted by atomic mass is 10.2. The molecule has 1 saturated heterocycles. The van der Waals surface area contributed by atoms with Gasteiger partial charge in [-0.1, -0.05) is 0 Å². The predicted molar refractivity (Wildman–Crippen MR) is 66.7 cm³/mol. The molecule has 2 fully saturated rings. The lowest BCUT2D eigenvalue weighted by molar-refractivity contribution is 0.0678. The van der Waals surface area contributed by atoms with Crippen LogP contribution in [0.5, 0.6) is 0 Å². The minimum Gasteiger partial charge on any atom is -0.377 e. The van der Waals surface area contributed by atoms with E-state index in [1.54, 1.807) is 0 Å². The van der Waals surface area contributed by atoms with Crippen LogP contribution >= 0.6 is 0 Å². The predicted octanol–water partition coefficient (Wildman–Crippen LogP) is 1.49. The summed E-state index contributed by atoms with van der Waals surface area (Å²) in [4.78, 5) is 2.53. The Hall–Kier alpha value is -0.120. The van der Waals surface area contributed by atoms with Crippen LogP contribution in [0.1, 0.15) is 33.1 Å². The lowest BCUT2D eigenvalue weighted by Crippen LogP contribution is -2.39. The largest absolute Gasteiger partial charge is 0.377 e. The Balaban J connectivity index is 1.60. The van der Waals surface area contributed by atoms with Crippen LogP contribution in [0.25, 0.3) is 0 Å². The molecular formula is C13H26N2O. The first-order valence-electron chi connectivity index (χ1n) is 6.83. The second-order valence-corrected chi connectivity index (χ2v) is 5.42. The highest BCUT2D eigenvalue weighted by atomic mass is 16.5. The second-order valence-electron chi connectivity index (χ2n) is 5.42.